The fraction of sp³-hybridized carbons (Fsp3) is 0.119. The Hall–Kier alpha value is -4.47. The summed E-state index contributed by atoms with van der Waals surface area (Å²) in [6.07, 6.45) is 0. The van der Waals surface area contributed by atoms with E-state index in [4.69, 9.17) is 28.2 Å². The van der Waals surface area contributed by atoms with Crippen molar-refractivity contribution in [2.45, 2.75) is 32.0 Å². The van der Waals surface area contributed by atoms with Gasteiger partial charge in [-0.15, -0.1) is 0 Å². The van der Waals surface area contributed by atoms with E-state index in [1.54, 1.807) is 0 Å². The third-order valence-electron chi connectivity index (χ3n) is 7.87. The van der Waals surface area contributed by atoms with Crippen LogP contribution in [0.5, 0.6) is 0 Å². The van der Waals surface area contributed by atoms with Gasteiger partial charge in [0.05, 0.1) is 6.04 Å². The molecule has 1 atom stereocenters. The van der Waals surface area contributed by atoms with Gasteiger partial charge in [0, 0.05) is 21.8 Å². The number of hydrogen-bond donors (Lipinski definition) is 1. The molecule has 6 aromatic rings. The van der Waals surface area contributed by atoms with Crippen molar-refractivity contribution in [3.63, 3.8) is 0 Å². The minimum absolute atomic E-state index is 0.00641. The number of aliphatic imine (C=N–C) groups is 1. The molecule has 0 fully saturated rings. The quantitative estimate of drug-likeness (QED) is 0.156. The lowest BCUT2D eigenvalue weighted by Crippen LogP contribution is -2.25. The van der Waals surface area contributed by atoms with E-state index in [1.807, 2.05) is 67.6 Å². The topological polar surface area (TPSA) is 24.4 Å². The minimum atomic E-state index is -0.00641. The molecule has 4 heteroatoms. The second kappa shape index (κ2) is 16.7. The van der Waals surface area contributed by atoms with Crippen molar-refractivity contribution >= 4 is 28.9 Å². The number of hydrogen-bond acceptors (Lipinski definition) is 2. The summed E-state index contributed by atoms with van der Waals surface area (Å²) in [4.78, 5) is 4.99. The second-order valence-electron chi connectivity index (χ2n) is 11.1. The first-order valence-corrected chi connectivity index (χ1v) is 16.2. The Morgan fingerprint density at radius 2 is 0.848 bits per heavy atom. The van der Waals surface area contributed by atoms with Crippen LogP contribution in [0.15, 0.2) is 175 Å². The van der Waals surface area contributed by atoms with Crippen LogP contribution in [0.4, 0.5) is 0 Å². The zero-order valence-electron chi connectivity index (χ0n) is 26.1. The van der Waals surface area contributed by atoms with E-state index in [9.17, 15) is 0 Å². The number of halogens is 2. The van der Waals surface area contributed by atoms with Crippen molar-refractivity contribution in [1.82, 2.24) is 5.32 Å². The van der Waals surface area contributed by atoms with Gasteiger partial charge in [-0.3, -0.25) is 10.3 Å². The first kappa shape index (κ1) is 32.9. The van der Waals surface area contributed by atoms with Gasteiger partial charge in [-0.1, -0.05) is 169 Å². The largest absolute Gasteiger partial charge is 0.300 e. The molecule has 46 heavy (non-hydrogen) atoms. The van der Waals surface area contributed by atoms with Gasteiger partial charge in [-0.25, -0.2) is 0 Å². The smallest absolute Gasteiger partial charge is 0.100 e. The molecule has 6 aromatic carbocycles. The molecule has 0 saturated heterocycles. The van der Waals surface area contributed by atoms with Crippen molar-refractivity contribution in [2.75, 3.05) is 0 Å². The SMILES string of the molecule is CC(=NC(c1ccccc1)c1ccccc1)c1ccc(Cl)cc1.C[C@@H](NC(c1ccccc1)c1ccccc1)c1ccc(Cl)cc1. The average Bonchev–Trinajstić information content (AvgIpc) is 3.12. The molecule has 0 unspecified atom stereocenters. The molecule has 0 heterocycles. The van der Waals surface area contributed by atoms with Gasteiger partial charge in [0.2, 0.25) is 0 Å². The van der Waals surface area contributed by atoms with E-state index in [2.05, 4.69) is 121 Å². The standard InChI is InChI=1S/C21H20ClN.C21H18ClN/c2*1-16(17-12-14-20(22)15-13-17)23-21(18-8-4-2-5-9-18)19-10-6-3-7-11-19/h2-16,21,23H,1H3;2-15,21H,1H3/t16-;/m1./s1. The van der Waals surface area contributed by atoms with E-state index in [-0.39, 0.29) is 18.1 Å². The highest BCUT2D eigenvalue weighted by Crippen LogP contribution is 2.28. The average molecular weight is 642 g/mol. The van der Waals surface area contributed by atoms with Gasteiger partial charge in [0.15, 0.2) is 0 Å². The molecule has 0 radical (unpaired) electrons. The van der Waals surface area contributed by atoms with Crippen molar-refractivity contribution in [2.24, 2.45) is 4.99 Å². The van der Waals surface area contributed by atoms with Crippen molar-refractivity contribution < 1.29 is 0 Å². The summed E-state index contributed by atoms with van der Waals surface area (Å²) in [7, 11) is 0. The Labute approximate surface area is 283 Å². The van der Waals surface area contributed by atoms with Crippen molar-refractivity contribution in [1.29, 1.82) is 0 Å². The zero-order chi connectivity index (χ0) is 32.1. The molecule has 0 spiro atoms. The fourth-order valence-corrected chi connectivity index (χ4v) is 5.60. The minimum Gasteiger partial charge on any atom is -0.300 e. The number of nitrogens with zero attached hydrogens (tertiary/aromatic N) is 1. The summed E-state index contributed by atoms with van der Waals surface area (Å²) in [6, 6.07) is 58.1. The molecule has 0 aliphatic rings. The molecular weight excluding hydrogens is 603 g/mol. The van der Waals surface area contributed by atoms with Crippen LogP contribution in [-0.4, -0.2) is 5.71 Å². The Balaban J connectivity index is 0.000000181. The predicted molar refractivity (Wildman–Crippen MR) is 196 cm³/mol. The van der Waals surface area contributed by atoms with Gasteiger partial charge in [-0.05, 0) is 71.5 Å². The molecule has 0 aliphatic carbocycles. The Kier molecular flexibility index (Phi) is 12.0. The summed E-state index contributed by atoms with van der Waals surface area (Å²) >= 11 is 12.0. The number of rotatable bonds is 9. The lowest BCUT2D eigenvalue weighted by molar-refractivity contribution is 0.516. The third kappa shape index (κ3) is 9.28. The molecule has 230 valence electrons. The highest BCUT2D eigenvalue weighted by molar-refractivity contribution is 6.30. The zero-order valence-corrected chi connectivity index (χ0v) is 27.6. The lowest BCUT2D eigenvalue weighted by atomic mass is 9.97. The number of benzene rings is 6. The molecular formula is C42H38Cl2N2. The molecule has 0 bridgehead atoms. The van der Waals surface area contributed by atoms with E-state index in [0.29, 0.717) is 0 Å². The van der Waals surface area contributed by atoms with E-state index in [1.165, 1.54) is 27.8 Å². The molecule has 0 amide bonds. The van der Waals surface area contributed by atoms with Crippen LogP contribution >= 0.6 is 23.2 Å². The Morgan fingerprint density at radius 3 is 1.26 bits per heavy atom. The predicted octanol–water partition coefficient (Wildman–Crippen LogP) is 11.7. The third-order valence-corrected chi connectivity index (χ3v) is 8.37. The van der Waals surface area contributed by atoms with Crippen molar-refractivity contribution in [3.05, 3.63) is 213 Å². The Bertz CT molecular complexity index is 1690. The van der Waals surface area contributed by atoms with E-state index in [0.717, 1.165) is 21.3 Å². The first-order valence-electron chi connectivity index (χ1n) is 15.5. The monoisotopic (exact) mass is 640 g/mol. The lowest BCUT2D eigenvalue weighted by Gasteiger charge is -2.25. The Morgan fingerprint density at radius 1 is 0.478 bits per heavy atom. The van der Waals surface area contributed by atoms with Crippen LogP contribution in [0.25, 0.3) is 0 Å². The van der Waals surface area contributed by atoms with Gasteiger partial charge in [0.25, 0.3) is 0 Å². The molecule has 0 saturated carbocycles. The van der Waals surface area contributed by atoms with Crippen LogP contribution in [0, 0.1) is 0 Å². The molecule has 2 nitrogen and oxygen atoms in total. The van der Waals surface area contributed by atoms with E-state index < -0.39 is 0 Å². The van der Waals surface area contributed by atoms with Gasteiger partial charge in [0.1, 0.15) is 6.04 Å². The highest BCUT2D eigenvalue weighted by atomic mass is 35.5. The molecule has 0 aliphatic heterocycles. The summed E-state index contributed by atoms with van der Waals surface area (Å²) in [5.74, 6) is 0. The number of nitrogens with one attached hydrogen (secondary N) is 1. The maximum absolute atomic E-state index is 5.99. The van der Waals surface area contributed by atoms with Crippen LogP contribution in [0.3, 0.4) is 0 Å². The summed E-state index contributed by atoms with van der Waals surface area (Å²) in [6.45, 7) is 4.23. The maximum atomic E-state index is 5.99. The molecule has 1 N–H and O–H groups in total. The van der Waals surface area contributed by atoms with Crippen molar-refractivity contribution in [3.8, 4) is 0 Å². The summed E-state index contributed by atoms with van der Waals surface area (Å²) in [5.41, 5.74) is 8.22. The first-order chi connectivity index (χ1) is 22.5. The maximum Gasteiger partial charge on any atom is 0.100 e. The van der Waals surface area contributed by atoms with Crippen LogP contribution in [0.1, 0.15) is 65.4 Å². The van der Waals surface area contributed by atoms with Gasteiger partial charge in [-0.2, -0.15) is 0 Å². The summed E-state index contributed by atoms with van der Waals surface area (Å²) < 4.78 is 0. The summed E-state index contributed by atoms with van der Waals surface area (Å²) in [5, 5.41) is 5.25. The van der Waals surface area contributed by atoms with E-state index >= 15 is 0 Å². The molecule has 0 aromatic heterocycles. The van der Waals surface area contributed by atoms with Gasteiger partial charge < -0.3 is 0 Å². The second-order valence-corrected chi connectivity index (χ2v) is 12.0. The van der Waals surface area contributed by atoms with Crippen LogP contribution < -0.4 is 5.32 Å². The fourth-order valence-electron chi connectivity index (χ4n) is 5.35. The van der Waals surface area contributed by atoms with Crippen LogP contribution in [-0.2, 0) is 0 Å². The normalized spacial score (nSPS) is 12.0. The van der Waals surface area contributed by atoms with Crippen LogP contribution in [0.2, 0.25) is 10.0 Å². The van der Waals surface area contributed by atoms with Gasteiger partial charge >= 0.3 is 0 Å². The molecule has 6 rings (SSSR count). The highest BCUT2D eigenvalue weighted by Gasteiger charge is 2.17.